The number of ether oxygens (including phenoxy) is 8. The van der Waals surface area contributed by atoms with Gasteiger partial charge in [0, 0.05) is 27.7 Å². The molecule has 0 radical (unpaired) electrons. The van der Waals surface area contributed by atoms with Crippen LogP contribution in [0.1, 0.15) is 33.3 Å². The molecule has 1 aliphatic rings. The molecular weight excluding hydrogens is 524 g/mol. The van der Waals surface area contributed by atoms with Gasteiger partial charge in [-0.3, -0.25) is 19.2 Å². The topological polar surface area (TPSA) is 176 Å². The monoisotopic (exact) mass is 554 g/mol. The van der Waals surface area contributed by atoms with Crippen molar-refractivity contribution in [2.45, 2.75) is 65.0 Å². The fraction of sp³-hybridized carbons (Fsp3) is 0.520. The Bertz CT molecular complexity index is 1020. The molecule has 1 heterocycles. The summed E-state index contributed by atoms with van der Waals surface area (Å²) in [4.78, 5) is 70.8. The lowest BCUT2D eigenvalue weighted by Gasteiger charge is -2.43. The molecule has 0 aromatic heterocycles. The summed E-state index contributed by atoms with van der Waals surface area (Å²) in [6.45, 7) is 2.36. The van der Waals surface area contributed by atoms with E-state index >= 15 is 0 Å². The molecule has 214 valence electrons. The SMILES string of the molecule is CC(=O)OC[C@H]1O[C@@H](OCC(=O)OCC(=O)OCc2ccccc2)[C@H](OC(C)=O)[C@@H](OC(C)=O)[C@@H]1OC(C)=O. The standard InChI is InChI=1S/C25H30O14/c1-14(26)32-11-19-22(36-15(2)27)23(37-16(3)28)24(38-17(4)29)25(39-19)35-13-21(31)34-12-20(30)33-10-18-8-6-5-7-9-18/h5-9,19,22-25H,10-13H2,1-4H3/t19-,22-,23+,24-,25-/m1/s1. The van der Waals surface area contributed by atoms with Gasteiger partial charge in [-0.15, -0.1) is 0 Å². The van der Waals surface area contributed by atoms with Gasteiger partial charge in [-0.2, -0.15) is 0 Å². The molecule has 1 aromatic rings. The van der Waals surface area contributed by atoms with Crippen molar-refractivity contribution in [1.82, 2.24) is 0 Å². The van der Waals surface area contributed by atoms with Gasteiger partial charge in [0.1, 0.15) is 25.9 Å². The van der Waals surface area contributed by atoms with Gasteiger partial charge in [-0.1, -0.05) is 30.3 Å². The molecule has 0 amide bonds. The van der Waals surface area contributed by atoms with E-state index in [2.05, 4.69) is 0 Å². The molecule has 1 aromatic carbocycles. The van der Waals surface area contributed by atoms with Crippen LogP contribution in [0, 0.1) is 0 Å². The Morgan fingerprint density at radius 3 is 1.82 bits per heavy atom. The van der Waals surface area contributed by atoms with Crippen LogP contribution in [0.25, 0.3) is 0 Å². The third kappa shape index (κ3) is 11.1. The zero-order valence-corrected chi connectivity index (χ0v) is 21.8. The van der Waals surface area contributed by atoms with Crippen molar-refractivity contribution >= 4 is 35.8 Å². The first kappa shape index (κ1) is 31.2. The second-order valence-electron chi connectivity index (χ2n) is 8.19. The van der Waals surface area contributed by atoms with Crippen LogP contribution in [-0.4, -0.2) is 86.3 Å². The zero-order chi connectivity index (χ0) is 28.9. The van der Waals surface area contributed by atoms with E-state index in [9.17, 15) is 28.8 Å². The molecule has 1 aliphatic heterocycles. The number of hydrogen-bond acceptors (Lipinski definition) is 14. The first-order chi connectivity index (χ1) is 18.5. The largest absolute Gasteiger partial charge is 0.463 e. The van der Waals surface area contributed by atoms with E-state index in [1.807, 2.05) is 0 Å². The van der Waals surface area contributed by atoms with Gasteiger partial charge in [0.05, 0.1) is 0 Å². The third-order valence-electron chi connectivity index (χ3n) is 4.91. The highest BCUT2D eigenvalue weighted by Crippen LogP contribution is 2.30. The lowest BCUT2D eigenvalue weighted by Crippen LogP contribution is -2.63. The van der Waals surface area contributed by atoms with Gasteiger partial charge in [0.25, 0.3) is 0 Å². The molecule has 39 heavy (non-hydrogen) atoms. The van der Waals surface area contributed by atoms with E-state index in [1.165, 1.54) is 0 Å². The smallest absolute Gasteiger partial charge is 0.344 e. The molecular formula is C25H30O14. The summed E-state index contributed by atoms with van der Waals surface area (Å²) < 4.78 is 41.6. The molecule has 14 nitrogen and oxygen atoms in total. The lowest BCUT2D eigenvalue weighted by molar-refractivity contribution is -0.307. The summed E-state index contributed by atoms with van der Waals surface area (Å²) >= 11 is 0. The predicted octanol–water partition coefficient (Wildman–Crippen LogP) is 0.373. The Labute approximate surface area is 223 Å². The van der Waals surface area contributed by atoms with E-state index < -0.39 is 86.3 Å². The summed E-state index contributed by atoms with van der Waals surface area (Å²) in [6, 6.07) is 8.85. The average Bonchev–Trinajstić information content (AvgIpc) is 2.86. The molecule has 0 spiro atoms. The number of hydrogen-bond donors (Lipinski definition) is 0. The average molecular weight is 555 g/mol. The highest BCUT2D eigenvalue weighted by Gasteiger charge is 2.52. The minimum atomic E-state index is -1.57. The molecule has 1 fully saturated rings. The number of esters is 6. The number of carbonyl (C=O) groups is 6. The van der Waals surface area contributed by atoms with E-state index in [4.69, 9.17) is 37.9 Å². The summed E-state index contributed by atoms with van der Waals surface area (Å²) in [5.41, 5.74) is 0.740. The normalized spacial score (nSPS) is 22.1. The van der Waals surface area contributed by atoms with Crippen molar-refractivity contribution in [3.63, 3.8) is 0 Å². The molecule has 0 aliphatic carbocycles. The van der Waals surface area contributed by atoms with Gasteiger partial charge in [-0.05, 0) is 5.56 Å². The third-order valence-corrected chi connectivity index (χ3v) is 4.91. The van der Waals surface area contributed by atoms with E-state index in [0.29, 0.717) is 0 Å². The maximum Gasteiger partial charge on any atom is 0.344 e. The van der Waals surface area contributed by atoms with E-state index in [0.717, 1.165) is 33.3 Å². The second-order valence-corrected chi connectivity index (χ2v) is 8.19. The highest BCUT2D eigenvalue weighted by atomic mass is 16.7. The van der Waals surface area contributed by atoms with Gasteiger partial charge in [0.15, 0.2) is 31.2 Å². The molecule has 0 N–H and O–H groups in total. The summed E-state index contributed by atoms with van der Waals surface area (Å²) in [7, 11) is 0. The van der Waals surface area contributed by atoms with Crippen molar-refractivity contribution in [3.05, 3.63) is 35.9 Å². The quantitative estimate of drug-likeness (QED) is 0.256. The maximum absolute atomic E-state index is 12.2. The van der Waals surface area contributed by atoms with Crippen LogP contribution in [0.15, 0.2) is 30.3 Å². The molecule has 0 saturated carbocycles. The van der Waals surface area contributed by atoms with Crippen LogP contribution < -0.4 is 0 Å². The van der Waals surface area contributed by atoms with Gasteiger partial charge in [-0.25, -0.2) is 9.59 Å². The fourth-order valence-corrected chi connectivity index (χ4v) is 3.43. The Morgan fingerprint density at radius 1 is 0.667 bits per heavy atom. The minimum absolute atomic E-state index is 0.0154. The van der Waals surface area contributed by atoms with Gasteiger partial charge < -0.3 is 37.9 Å². The van der Waals surface area contributed by atoms with Crippen LogP contribution in [0.4, 0.5) is 0 Å². The van der Waals surface area contributed by atoms with Crippen molar-refractivity contribution in [1.29, 1.82) is 0 Å². The van der Waals surface area contributed by atoms with Crippen LogP contribution in [-0.2, 0) is 73.3 Å². The maximum atomic E-state index is 12.2. The first-order valence-electron chi connectivity index (χ1n) is 11.7. The molecule has 14 heteroatoms. The molecule has 0 unspecified atom stereocenters. The van der Waals surface area contributed by atoms with Crippen LogP contribution in [0.3, 0.4) is 0 Å². The second kappa shape index (κ2) is 15.4. The van der Waals surface area contributed by atoms with Gasteiger partial charge >= 0.3 is 35.8 Å². The number of rotatable bonds is 12. The van der Waals surface area contributed by atoms with Crippen LogP contribution >= 0.6 is 0 Å². The Hall–Kier alpha value is -4.04. The van der Waals surface area contributed by atoms with Crippen molar-refractivity contribution in [3.8, 4) is 0 Å². The molecule has 1 saturated heterocycles. The Morgan fingerprint density at radius 2 is 1.23 bits per heavy atom. The zero-order valence-electron chi connectivity index (χ0n) is 21.8. The molecule has 2 rings (SSSR count). The highest BCUT2D eigenvalue weighted by molar-refractivity contribution is 5.77. The first-order valence-corrected chi connectivity index (χ1v) is 11.7. The van der Waals surface area contributed by atoms with Gasteiger partial charge in [0.2, 0.25) is 0 Å². The molecule has 0 bridgehead atoms. The minimum Gasteiger partial charge on any atom is -0.463 e. The number of benzene rings is 1. The molecule has 5 atom stereocenters. The summed E-state index contributed by atoms with van der Waals surface area (Å²) in [5.74, 6) is -4.95. The van der Waals surface area contributed by atoms with E-state index in [-0.39, 0.29) is 6.61 Å². The Balaban J connectivity index is 2.08. The summed E-state index contributed by atoms with van der Waals surface area (Å²) in [5, 5.41) is 0. The van der Waals surface area contributed by atoms with Crippen LogP contribution in [0.2, 0.25) is 0 Å². The van der Waals surface area contributed by atoms with Crippen molar-refractivity contribution in [2.24, 2.45) is 0 Å². The van der Waals surface area contributed by atoms with Crippen molar-refractivity contribution < 1.29 is 66.7 Å². The fourth-order valence-electron chi connectivity index (χ4n) is 3.43. The van der Waals surface area contributed by atoms with Crippen molar-refractivity contribution in [2.75, 3.05) is 19.8 Å². The number of carbonyl (C=O) groups excluding carboxylic acids is 6. The van der Waals surface area contributed by atoms with E-state index in [1.54, 1.807) is 30.3 Å². The summed E-state index contributed by atoms with van der Waals surface area (Å²) in [6.07, 6.45) is -7.15. The lowest BCUT2D eigenvalue weighted by atomic mass is 9.98. The van der Waals surface area contributed by atoms with Crippen LogP contribution in [0.5, 0.6) is 0 Å². The Kier molecular flexibility index (Phi) is 12.3. The predicted molar refractivity (Wildman–Crippen MR) is 125 cm³/mol.